The highest BCUT2D eigenvalue weighted by molar-refractivity contribution is 6.29. The van der Waals surface area contributed by atoms with Crippen LogP contribution in [0.2, 0.25) is 5.15 Å². The van der Waals surface area contributed by atoms with E-state index in [0.717, 1.165) is 5.82 Å². The average molecular weight is 266 g/mol. The van der Waals surface area contributed by atoms with Crippen molar-refractivity contribution in [2.75, 3.05) is 7.05 Å². The van der Waals surface area contributed by atoms with Crippen LogP contribution in [0.5, 0.6) is 0 Å². The molecule has 6 nitrogen and oxygen atoms in total. The highest BCUT2D eigenvalue weighted by Gasteiger charge is 2.15. The van der Waals surface area contributed by atoms with Gasteiger partial charge in [-0.3, -0.25) is 4.79 Å². The Hall–Kier alpha value is -1.95. The number of aryl methyl sites for hydroxylation is 1. The number of carbonyl (C=O) groups is 1. The molecule has 0 aliphatic heterocycles. The Morgan fingerprint density at radius 1 is 1.39 bits per heavy atom. The van der Waals surface area contributed by atoms with Gasteiger partial charge in [0.2, 0.25) is 0 Å². The number of nitrogens with zero attached hydrogens (tertiary/aromatic N) is 5. The summed E-state index contributed by atoms with van der Waals surface area (Å²) in [5.41, 5.74) is 0.260. The summed E-state index contributed by atoms with van der Waals surface area (Å²) >= 11 is 5.62. The molecule has 0 aromatic carbocycles. The highest BCUT2D eigenvalue weighted by Crippen LogP contribution is 2.06. The molecule has 7 heteroatoms. The van der Waals surface area contributed by atoms with Crippen molar-refractivity contribution in [1.29, 1.82) is 0 Å². The van der Waals surface area contributed by atoms with E-state index in [1.165, 1.54) is 17.3 Å². The third-order valence-electron chi connectivity index (χ3n) is 2.49. The van der Waals surface area contributed by atoms with Crippen LogP contribution >= 0.6 is 11.6 Å². The second kappa shape index (κ2) is 5.14. The second-order valence-corrected chi connectivity index (χ2v) is 4.23. The molecule has 2 heterocycles. The third-order valence-corrected chi connectivity index (χ3v) is 2.68. The SMILES string of the molecule is CN(Cc1nccn1C)C(=O)c1cnc(Cl)cn1. The fraction of sp³-hybridized carbons (Fsp3) is 0.273. The van der Waals surface area contributed by atoms with Gasteiger partial charge in [0.05, 0.1) is 18.9 Å². The van der Waals surface area contributed by atoms with Gasteiger partial charge in [-0.25, -0.2) is 15.0 Å². The number of hydrogen-bond acceptors (Lipinski definition) is 4. The van der Waals surface area contributed by atoms with Crippen LogP contribution in [0.15, 0.2) is 24.8 Å². The molecule has 18 heavy (non-hydrogen) atoms. The molecule has 94 valence electrons. The number of aromatic nitrogens is 4. The quantitative estimate of drug-likeness (QED) is 0.835. The van der Waals surface area contributed by atoms with Crippen LogP contribution in [0, 0.1) is 0 Å². The molecule has 2 rings (SSSR count). The Morgan fingerprint density at radius 2 is 2.17 bits per heavy atom. The number of hydrogen-bond donors (Lipinski definition) is 0. The predicted octanol–water partition coefficient (Wildman–Crippen LogP) is 1.14. The van der Waals surface area contributed by atoms with Crippen molar-refractivity contribution in [3.63, 3.8) is 0 Å². The van der Waals surface area contributed by atoms with E-state index in [1.807, 2.05) is 17.8 Å². The normalized spacial score (nSPS) is 10.4. The van der Waals surface area contributed by atoms with Gasteiger partial charge in [-0.15, -0.1) is 0 Å². The number of imidazole rings is 1. The van der Waals surface area contributed by atoms with Gasteiger partial charge in [-0.2, -0.15) is 0 Å². The number of carbonyl (C=O) groups excluding carboxylic acids is 1. The largest absolute Gasteiger partial charge is 0.337 e. The smallest absolute Gasteiger partial charge is 0.274 e. The zero-order chi connectivity index (χ0) is 13.1. The summed E-state index contributed by atoms with van der Waals surface area (Å²) in [6, 6.07) is 0. The fourth-order valence-electron chi connectivity index (χ4n) is 1.45. The summed E-state index contributed by atoms with van der Waals surface area (Å²) in [4.78, 5) is 25.5. The van der Waals surface area contributed by atoms with Gasteiger partial charge in [0.15, 0.2) is 0 Å². The molecule has 0 aliphatic rings. The zero-order valence-electron chi connectivity index (χ0n) is 10.0. The van der Waals surface area contributed by atoms with Gasteiger partial charge in [-0.05, 0) is 0 Å². The number of rotatable bonds is 3. The molecule has 2 aromatic rings. The molecule has 0 bridgehead atoms. The molecule has 0 radical (unpaired) electrons. The van der Waals surface area contributed by atoms with Crippen LogP contribution in [-0.2, 0) is 13.6 Å². The zero-order valence-corrected chi connectivity index (χ0v) is 10.8. The summed E-state index contributed by atoms with van der Waals surface area (Å²) < 4.78 is 1.86. The van der Waals surface area contributed by atoms with Gasteiger partial charge in [0.1, 0.15) is 16.7 Å². The van der Waals surface area contributed by atoms with Gasteiger partial charge < -0.3 is 9.47 Å². The van der Waals surface area contributed by atoms with E-state index < -0.39 is 0 Å². The third kappa shape index (κ3) is 2.65. The average Bonchev–Trinajstić information content (AvgIpc) is 2.75. The van der Waals surface area contributed by atoms with Gasteiger partial charge in [0, 0.05) is 26.5 Å². The van der Waals surface area contributed by atoms with Crippen molar-refractivity contribution in [3.8, 4) is 0 Å². The first-order valence-corrected chi connectivity index (χ1v) is 5.65. The van der Waals surface area contributed by atoms with Crippen molar-refractivity contribution in [1.82, 2.24) is 24.4 Å². The Labute approximate surface area is 109 Å². The second-order valence-electron chi connectivity index (χ2n) is 3.84. The lowest BCUT2D eigenvalue weighted by atomic mass is 10.4. The van der Waals surface area contributed by atoms with Crippen LogP contribution in [0.3, 0.4) is 0 Å². The first kappa shape index (κ1) is 12.5. The first-order valence-electron chi connectivity index (χ1n) is 5.27. The molecule has 0 saturated heterocycles. The Balaban J connectivity index is 2.09. The maximum atomic E-state index is 12.0. The van der Waals surface area contributed by atoms with Crippen LogP contribution in [0.4, 0.5) is 0 Å². The van der Waals surface area contributed by atoms with Crippen molar-refractivity contribution in [3.05, 3.63) is 41.5 Å². The highest BCUT2D eigenvalue weighted by atomic mass is 35.5. The molecule has 0 N–H and O–H groups in total. The summed E-state index contributed by atoms with van der Waals surface area (Å²) in [5, 5.41) is 0.262. The molecule has 0 aliphatic carbocycles. The minimum Gasteiger partial charge on any atom is -0.337 e. The topological polar surface area (TPSA) is 63.9 Å². The summed E-state index contributed by atoms with van der Waals surface area (Å²) in [5.74, 6) is 0.579. The van der Waals surface area contributed by atoms with E-state index in [2.05, 4.69) is 15.0 Å². The van der Waals surface area contributed by atoms with Crippen molar-refractivity contribution < 1.29 is 4.79 Å². The molecule has 2 aromatic heterocycles. The predicted molar refractivity (Wildman–Crippen MR) is 66.0 cm³/mol. The lowest BCUT2D eigenvalue weighted by Crippen LogP contribution is -2.28. The van der Waals surface area contributed by atoms with E-state index in [9.17, 15) is 4.79 Å². The van der Waals surface area contributed by atoms with Gasteiger partial charge in [-0.1, -0.05) is 11.6 Å². The molecule has 0 atom stereocenters. The molecule has 0 saturated carbocycles. The Morgan fingerprint density at radius 3 is 2.72 bits per heavy atom. The van der Waals surface area contributed by atoms with Gasteiger partial charge in [0.25, 0.3) is 5.91 Å². The van der Waals surface area contributed by atoms with Crippen LogP contribution in [0.25, 0.3) is 0 Å². The summed E-state index contributed by atoms with van der Waals surface area (Å²) in [6.45, 7) is 0.409. The van der Waals surface area contributed by atoms with E-state index in [0.29, 0.717) is 6.54 Å². The van der Waals surface area contributed by atoms with Crippen molar-refractivity contribution >= 4 is 17.5 Å². The van der Waals surface area contributed by atoms with Crippen LogP contribution in [0.1, 0.15) is 16.3 Å². The Kier molecular flexibility index (Phi) is 3.57. The van der Waals surface area contributed by atoms with Crippen LogP contribution in [-0.4, -0.2) is 37.4 Å². The van der Waals surface area contributed by atoms with E-state index in [4.69, 9.17) is 11.6 Å². The van der Waals surface area contributed by atoms with E-state index in [-0.39, 0.29) is 16.8 Å². The van der Waals surface area contributed by atoms with Gasteiger partial charge >= 0.3 is 0 Å². The van der Waals surface area contributed by atoms with E-state index in [1.54, 1.807) is 13.2 Å². The molecular formula is C11H12ClN5O. The minimum absolute atomic E-state index is 0.220. The van der Waals surface area contributed by atoms with E-state index >= 15 is 0 Å². The maximum absolute atomic E-state index is 12.0. The molecule has 0 spiro atoms. The lowest BCUT2D eigenvalue weighted by molar-refractivity contribution is 0.0774. The monoisotopic (exact) mass is 265 g/mol. The first-order chi connectivity index (χ1) is 8.58. The standard InChI is InChI=1S/C11H12ClN5O/c1-16-4-3-13-10(16)7-17(2)11(18)8-5-15-9(12)6-14-8/h3-6H,7H2,1-2H3. The van der Waals surface area contributed by atoms with Crippen molar-refractivity contribution in [2.24, 2.45) is 7.05 Å². The molecule has 0 fully saturated rings. The summed E-state index contributed by atoms with van der Waals surface area (Å²) in [6.07, 6.45) is 6.23. The maximum Gasteiger partial charge on any atom is 0.274 e. The Bertz CT molecular complexity index is 551. The minimum atomic E-state index is -0.220. The molecular weight excluding hydrogens is 254 g/mol. The number of amides is 1. The van der Waals surface area contributed by atoms with Crippen LogP contribution < -0.4 is 0 Å². The lowest BCUT2D eigenvalue weighted by Gasteiger charge is -2.16. The summed E-state index contributed by atoms with van der Waals surface area (Å²) in [7, 11) is 3.57. The molecule has 0 unspecified atom stereocenters. The number of halogens is 1. The molecule has 1 amide bonds. The fourth-order valence-corrected chi connectivity index (χ4v) is 1.55. The van der Waals surface area contributed by atoms with Crippen molar-refractivity contribution in [2.45, 2.75) is 6.54 Å².